The first-order chi connectivity index (χ1) is 27.5. The van der Waals surface area contributed by atoms with Crippen LogP contribution in [0.25, 0.3) is 33.3 Å². The van der Waals surface area contributed by atoms with Crippen LogP contribution < -0.4 is 10.7 Å². The molecule has 4 aromatic rings. The van der Waals surface area contributed by atoms with Gasteiger partial charge in [-0.2, -0.15) is 0 Å². The molecule has 2 fully saturated rings. The average Bonchev–Trinajstić information content (AvgIpc) is 3.51. The van der Waals surface area contributed by atoms with Gasteiger partial charge in [-0.15, -0.1) is 0 Å². The van der Waals surface area contributed by atoms with E-state index in [1.807, 2.05) is 25.1 Å². The summed E-state index contributed by atoms with van der Waals surface area (Å²) in [6.07, 6.45) is 4.91. The Balaban J connectivity index is 1.40. The number of rotatable bonds is 18. The third-order valence-electron chi connectivity index (χ3n) is 11.2. The second-order valence-electron chi connectivity index (χ2n) is 15.9. The van der Waals surface area contributed by atoms with Gasteiger partial charge in [-0.05, 0) is 79.6 Å². The van der Waals surface area contributed by atoms with E-state index in [4.69, 9.17) is 19.2 Å². The summed E-state index contributed by atoms with van der Waals surface area (Å²) in [7, 11) is 3.27. The number of likely N-dealkylation sites (N-methyl/N-ethyl adjacent to an activating group) is 1. The van der Waals surface area contributed by atoms with E-state index in [-0.39, 0.29) is 42.3 Å². The second-order valence-corrected chi connectivity index (χ2v) is 15.9. The monoisotopic (exact) mass is 780 g/mol. The Morgan fingerprint density at radius 2 is 1.89 bits per heavy atom. The van der Waals surface area contributed by atoms with Crippen molar-refractivity contribution in [2.75, 3.05) is 47.1 Å². The van der Waals surface area contributed by atoms with Crippen molar-refractivity contribution >= 4 is 35.6 Å². The molecular weight excluding hydrogens is 725 g/mol. The molecule has 0 radical (unpaired) electrons. The molecule has 2 aliphatic heterocycles. The van der Waals surface area contributed by atoms with Gasteiger partial charge >= 0.3 is 0 Å². The second kappa shape index (κ2) is 18.4. The van der Waals surface area contributed by atoms with Crippen molar-refractivity contribution in [3.05, 3.63) is 77.6 Å². The number of pyridine rings is 1. The van der Waals surface area contributed by atoms with Crippen LogP contribution >= 0.6 is 0 Å². The number of nitrogens with zero attached hydrogens (tertiary/aromatic N) is 4. The Hall–Kier alpha value is -5.11. The topological polar surface area (TPSA) is 144 Å². The van der Waals surface area contributed by atoms with E-state index in [9.17, 15) is 19.2 Å². The Labute approximate surface area is 335 Å². The molecule has 0 spiro atoms. The molecule has 13 nitrogen and oxygen atoms in total. The first-order valence-electron chi connectivity index (χ1n) is 19.9. The van der Waals surface area contributed by atoms with Crippen LogP contribution in [0, 0.1) is 11.3 Å². The summed E-state index contributed by atoms with van der Waals surface area (Å²) in [5, 5.41) is 5.71. The lowest BCUT2D eigenvalue weighted by Crippen LogP contribution is -2.60. The standard InChI is InChI=1S/C44H56N6O7/c1-7-49-38-16-15-32(22-35(38)36(23-44(3,4)26-57-28-52)41(49)34-14-11-17-45-39(34)29(2)55-6)31-13-10-12-30(20-31)21-37(43(54)50-19-9-8-18-46-50)47-42(53)40(48(5)27-51)33-24-56-25-33/h10-17,20,22,27-29,33,37,40,46H,7-9,18-19,21,23-26H2,1-6H3,(H,47,53). The number of aryl methyl sites for hydroxylation is 1. The van der Waals surface area contributed by atoms with Crippen LogP contribution in [0.5, 0.6) is 0 Å². The fourth-order valence-electron chi connectivity index (χ4n) is 8.13. The maximum atomic E-state index is 14.0. The highest BCUT2D eigenvalue weighted by Crippen LogP contribution is 2.41. The van der Waals surface area contributed by atoms with Crippen LogP contribution in [0.2, 0.25) is 0 Å². The summed E-state index contributed by atoms with van der Waals surface area (Å²) in [5.41, 5.74) is 10.7. The Kier molecular flexibility index (Phi) is 13.4. The molecule has 3 unspecified atom stereocenters. The molecule has 57 heavy (non-hydrogen) atoms. The van der Waals surface area contributed by atoms with Gasteiger partial charge in [-0.25, -0.2) is 5.43 Å². The smallest absolute Gasteiger partial charge is 0.293 e. The van der Waals surface area contributed by atoms with Crippen LogP contribution in [0.4, 0.5) is 0 Å². The summed E-state index contributed by atoms with van der Waals surface area (Å²) in [4.78, 5) is 57.0. The summed E-state index contributed by atoms with van der Waals surface area (Å²) in [5.74, 6) is -0.743. The molecule has 6 rings (SSSR count). The van der Waals surface area contributed by atoms with E-state index in [0.29, 0.717) is 52.2 Å². The Morgan fingerprint density at radius 1 is 1.11 bits per heavy atom. The minimum Gasteiger partial charge on any atom is -0.467 e. The lowest BCUT2D eigenvalue weighted by molar-refractivity contribution is -0.147. The molecule has 4 heterocycles. The zero-order valence-corrected chi connectivity index (χ0v) is 34.0. The first kappa shape index (κ1) is 41.5. The van der Waals surface area contributed by atoms with E-state index < -0.39 is 12.1 Å². The van der Waals surface area contributed by atoms with Gasteiger partial charge in [0.25, 0.3) is 12.4 Å². The van der Waals surface area contributed by atoms with Crippen molar-refractivity contribution in [2.24, 2.45) is 11.3 Å². The molecular formula is C44H56N6O7. The van der Waals surface area contributed by atoms with Gasteiger partial charge in [0.1, 0.15) is 12.1 Å². The summed E-state index contributed by atoms with van der Waals surface area (Å²) in [6, 6.07) is 17.0. The number of carbonyl (C=O) groups is 4. The van der Waals surface area contributed by atoms with Crippen molar-refractivity contribution in [1.82, 2.24) is 30.2 Å². The normalized spacial score (nSPS) is 16.4. The van der Waals surface area contributed by atoms with Gasteiger partial charge in [0.2, 0.25) is 12.3 Å². The maximum absolute atomic E-state index is 14.0. The predicted octanol–water partition coefficient (Wildman–Crippen LogP) is 5.10. The fraction of sp³-hybridized carbons (Fsp3) is 0.477. The van der Waals surface area contributed by atoms with E-state index >= 15 is 0 Å². The highest BCUT2D eigenvalue weighted by molar-refractivity contribution is 5.95. The lowest BCUT2D eigenvalue weighted by atomic mass is 9.84. The van der Waals surface area contributed by atoms with Crippen molar-refractivity contribution in [3.8, 4) is 22.4 Å². The predicted molar refractivity (Wildman–Crippen MR) is 218 cm³/mol. The van der Waals surface area contributed by atoms with Crippen molar-refractivity contribution in [1.29, 1.82) is 0 Å². The van der Waals surface area contributed by atoms with Gasteiger partial charge in [0, 0.05) is 74.2 Å². The third-order valence-corrected chi connectivity index (χ3v) is 11.2. The van der Waals surface area contributed by atoms with Gasteiger partial charge in [-0.1, -0.05) is 44.2 Å². The number of hydrogen-bond acceptors (Lipinski definition) is 9. The number of aromatic nitrogens is 2. The zero-order valence-electron chi connectivity index (χ0n) is 34.0. The van der Waals surface area contributed by atoms with E-state index in [0.717, 1.165) is 62.9 Å². The summed E-state index contributed by atoms with van der Waals surface area (Å²) in [6.45, 7) is 11.8. The van der Waals surface area contributed by atoms with Crippen LogP contribution in [0.3, 0.4) is 0 Å². The van der Waals surface area contributed by atoms with Crippen molar-refractivity contribution < 1.29 is 33.4 Å². The van der Waals surface area contributed by atoms with Crippen LogP contribution in [0.1, 0.15) is 63.5 Å². The quantitative estimate of drug-likeness (QED) is 0.132. The molecule has 3 atom stereocenters. The minimum absolute atomic E-state index is 0.147. The molecule has 0 saturated carbocycles. The first-order valence-corrected chi connectivity index (χ1v) is 19.9. The highest BCUT2D eigenvalue weighted by atomic mass is 16.5. The molecule has 2 aromatic carbocycles. The van der Waals surface area contributed by atoms with Crippen molar-refractivity contribution in [2.45, 2.75) is 78.1 Å². The minimum atomic E-state index is -0.865. The SMILES string of the molecule is CCn1c(-c2cccnc2C(C)OC)c(CC(C)(C)COC=O)c2cc(-c3cccc(CC(NC(=O)C(C4COC4)N(C)C=O)C(=O)N4CCCCN4)c3)ccc21. The number of hydrazine groups is 1. The molecule has 2 aromatic heterocycles. The van der Waals surface area contributed by atoms with Gasteiger partial charge < -0.3 is 29.0 Å². The molecule has 2 aliphatic rings. The molecule has 2 saturated heterocycles. The number of amides is 3. The van der Waals surface area contributed by atoms with Crippen LogP contribution in [-0.2, 0) is 52.8 Å². The molecule has 3 amide bonds. The number of nitrogens with one attached hydrogen (secondary N) is 2. The van der Waals surface area contributed by atoms with E-state index in [2.05, 4.69) is 72.5 Å². The van der Waals surface area contributed by atoms with Gasteiger partial charge in [-0.3, -0.25) is 29.2 Å². The van der Waals surface area contributed by atoms with Crippen LogP contribution in [-0.4, -0.2) is 103 Å². The summed E-state index contributed by atoms with van der Waals surface area (Å²) >= 11 is 0. The number of ether oxygens (including phenoxy) is 3. The Morgan fingerprint density at radius 3 is 2.56 bits per heavy atom. The lowest BCUT2D eigenvalue weighted by Gasteiger charge is -2.37. The molecule has 0 bridgehead atoms. The highest BCUT2D eigenvalue weighted by Gasteiger charge is 2.39. The fourth-order valence-corrected chi connectivity index (χ4v) is 8.13. The Bertz CT molecular complexity index is 2050. The number of benzene rings is 2. The maximum Gasteiger partial charge on any atom is 0.293 e. The number of fused-ring (bicyclic) bond motifs is 1. The third kappa shape index (κ3) is 9.22. The summed E-state index contributed by atoms with van der Waals surface area (Å²) < 4.78 is 18.8. The molecule has 304 valence electrons. The van der Waals surface area contributed by atoms with E-state index in [1.165, 1.54) is 4.90 Å². The van der Waals surface area contributed by atoms with Crippen LogP contribution in [0.15, 0.2) is 60.8 Å². The molecule has 2 N–H and O–H groups in total. The average molecular weight is 781 g/mol. The number of hydrogen-bond donors (Lipinski definition) is 2. The van der Waals surface area contributed by atoms with Gasteiger partial charge in [0.05, 0.1) is 37.3 Å². The van der Waals surface area contributed by atoms with Gasteiger partial charge in [0.15, 0.2) is 0 Å². The molecule has 13 heteroatoms. The number of methoxy groups -OCH3 is 1. The largest absolute Gasteiger partial charge is 0.467 e. The number of carbonyl (C=O) groups excluding carboxylic acids is 4. The molecule has 0 aliphatic carbocycles. The van der Waals surface area contributed by atoms with Crippen molar-refractivity contribution in [3.63, 3.8) is 0 Å². The van der Waals surface area contributed by atoms with E-state index in [1.54, 1.807) is 25.4 Å². The zero-order chi connectivity index (χ0) is 40.7.